The zero-order chi connectivity index (χ0) is 13.2. The quantitative estimate of drug-likeness (QED) is 0.801. The number of thioether (sulfide) groups is 1. The van der Waals surface area contributed by atoms with Crippen molar-refractivity contribution in [3.05, 3.63) is 35.6 Å². The molecule has 0 bridgehead atoms. The summed E-state index contributed by atoms with van der Waals surface area (Å²) in [6, 6.07) is 6.46. The summed E-state index contributed by atoms with van der Waals surface area (Å²) in [6.07, 6.45) is 0. The molecule has 1 heterocycles. The molecule has 0 radical (unpaired) electrons. The Labute approximate surface area is 110 Å². The van der Waals surface area contributed by atoms with E-state index < -0.39 is 0 Å². The van der Waals surface area contributed by atoms with Crippen LogP contribution in [0.15, 0.2) is 29.4 Å². The number of hydrogen-bond acceptors (Lipinski definition) is 4. The van der Waals surface area contributed by atoms with E-state index in [1.54, 1.807) is 28.6 Å². The third-order valence-electron chi connectivity index (χ3n) is 2.36. The van der Waals surface area contributed by atoms with E-state index in [2.05, 4.69) is 15.5 Å². The van der Waals surface area contributed by atoms with Crippen molar-refractivity contribution in [1.82, 2.24) is 20.2 Å². The Balaban J connectivity index is 2.07. The highest BCUT2D eigenvalue weighted by Crippen LogP contribution is 2.24. The fraction of sp³-hybridized carbons (Fsp3) is 0.417. The van der Waals surface area contributed by atoms with Crippen LogP contribution in [0.4, 0.5) is 4.39 Å². The first-order valence-corrected chi connectivity index (χ1v) is 6.61. The first-order valence-electron chi connectivity index (χ1n) is 5.63. The minimum Gasteiger partial charge on any atom is -0.215 e. The number of tetrazole rings is 1. The topological polar surface area (TPSA) is 43.6 Å². The van der Waals surface area contributed by atoms with Gasteiger partial charge in [0.05, 0.1) is 5.54 Å². The van der Waals surface area contributed by atoms with Crippen LogP contribution in [0.2, 0.25) is 0 Å². The summed E-state index contributed by atoms with van der Waals surface area (Å²) in [5, 5.41) is 12.5. The molecule has 0 amide bonds. The molecule has 4 nitrogen and oxygen atoms in total. The summed E-state index contributed by atoms with van der Waals surface area (Å²) in [6.45, 7) is 6.14. The highest BCUT2D eigenvalue weighted by atomic mass is 32.2. The third-order valence-corrected chi connectivity index (χ3v) is 3.35. The van der Waals surface area contributed by atoms with Crippen molar-refractivity contribution in [2.45, 2.75) is 37.2 Å². The van der Waals surface area contributed by atoms with Crippen LogP contribution < -0.4 is 0 Å². The normalized spacial score (nSPS) is 11.8. The maximum Gasteiger partial charge on any atom is 0.210 e. The third kappa shape index (κ3) is 3.07. The number of nitrogens with zero attached hydrogens (tertiary/aromatic N) is 4. The molecule has 18 heavy (non-hydrogen) atoms. The van der Waals surface area contributed by atoms with Gasteiger partial charge in [-0.1, -0.05) is 23.9 Å². The lowest BCUT2D eigenvalue weighted by molar-refractivity contribution is 0.321. The predicted molar refractivity (Wildman–Crippen MR) is 68.8 cm³/mol. The monoisotopic (exact) mass is 266 g/mol. The SMILES string of the molecule is CC(C)(C)n1nnnc1SCc1ccc(F)cc1. The Hall–Kier alpha value is -1.43. The lowest BCUT2D eigenvalue weighted by Gasteiger charge is -2.19. The van der Waals surface area contributed by atoms with Gasteiger partial charge in [-0.3, -0.25) is 0 Å². The summed E-state index contributed by atoms with van der Waals surface area (Å²) in [5.74, 6) is 0.500. The maximum absolute atomic E-state index is 12.8. The van der Waals surface area contributed by atoms with Crippen molar-refractivity contribution < 1.29 is 4.39 Å². The van der Waals surface area contributed by atoms with Crippen LogP contribution in [0, 0.1) is 5.82 Å². The van der Waals surface area contributed by atoms with Crippen molar-refractivity contribution >= 4 is 11.8 Å². The van der Waals surface area contributed by atoms with Crippen LogP contribution in [-0.4, -0.2) is 20.2 Å². The Morgan fingerprint density at radius 1 is 1.22 bits per heavy atom. The Kier molecular flexibility index (Phi) is 3.65. The molecular formula is C12H15FN4S. The van der Waals surface area contributed by atoms with Gasteiger partial charge in [0.25, 0.3) is 0 Å². The van der Waals surface area contributed by atoms with Gasteiger partial charge in [0.2, 0.25) is 5.16 Å². The van der Waals surface area contributed by atoms with Gasteiger partial charge in [-0.25, -0.2) is 9.07 Å². The van der Waals surface area contributed by atoms with Gasteiger partial charge in [0.1, 0.15) is 5.82 Å². The van der Waals surface area contributed by atoms with E-state index in [0.717, 1.165) is 16.5 Å². The van der Waals surface area contributed by atoms with Gasteiger partial charge in [-0.2, -0.15) is 0 Å². The van der Waals surface area contributed by atoms with Gasteiger partial charge in [0.15, 0.2) is 0 Å². The number of halogens is 1. The smallest absolute Gasteiger partial charge is 0.210 e. The van der Waals surface area contributed by atoms with E-state index in [1.807, 2.05) is 20.8 Å². The fourth-order valence-electron chi connectivity index (χ4n) is 1.42. The van der Waals surface area contributed by atoms with Crippen molar-refractivity contribution in [2.75, 3.05) is 0 Å². The Morgan fingerprint density at radius 3 is 2.50 bits per heavy atom. The molecule has 0 atom stereocenters. The second kappa shape index (κ2) is 5.06. The molecule has 6 heteroatoms. The van der Waals surface area contributed by atoms with Crippen LogP contribution in [0.5, 0.6) is 0 Å². The molecular weight excluding hydrogens is 251 g/mol. The fourth-order valence-corrected chi connectivity index (χ4v) is 2.43. The molecule has 0 fully saturated rings. The van der Waals surface area contributed by atoms with Gasteiger partial charge in [-0.15, -0.1) is 5.10 Å². The van der Waals surface area contributed by atoms with Gasteiger partial charge in [0, 0.05) is 5.75 Å². The second-order valence-corrected chi connectivity index (χ2v) is 5.90. The van der Waals surface area contributed by atoms with E-state index in [9.17, 15) is 4.39 Å². The molecule has 0 aliphatic rings. The summed E-state index contributed by atoms with van der Waals surface area (Å²) in [7, 11) is 0. The second-order valence-electron chi connectivity index (χ2n) is 4.96. The van der Waals surface area contributed by atoms with Crippen LogP contribution in [0.1, 0.15) is 26.3 Å². The maximum atomic E-state index is 12.8. The van der Waals surface area contributed by atoms with E-state index in [-0.39, 0.29) is 11.4 Å². The highest BCUT2D eigenvalue weighted by Gasteiger charge is 2.19. The highest BCUT2D eigenvalue weighted by molar-refractivity contribution is 7.98. The molecule has 96 valence electrons. The Bertz CT molecular complexity index is 516. The average Bonchev–Trinajstić information content (AvgIpc) is 2.76. The average molecular weight is 266 g/mol. The van der Waals surface area contributed by atoms with Crippen LogP contribution in [0.25, 0.3) is 0 Å². The summed E-state index contributed by atoms with van der Waals surface area (Å²) in [4.78, 5) is 0. The van der Waals surface area contributed by atoms with Crippen LogP contribution in [0.3, 0.4) is 0 Å². The molecule has 2 aromatic rings. The largest absolute Gasteiger partial charge is 0.215 e. The van der Waals surface area contributed by atoms with Gasteiger partial charge < -0.3 is 0 Å². The molecule has 0 saturated heterocycles. The summed E-state index contributed by atoms with van der Waals surface area (Å²) < 4.78 is 14.6. The lowest BCUT2D eigenvalue weighted by atomic mass is 10.1. The first kappa shape index (κ1) is 13.0. The first-order chi connectivity index (χ1) is 8.47. The minimum atomic E-state index is -0.219. The minimum absolute atomic E-state index is 0.144. The summed E-state index contributed by atoms with van der Waals surface area (Å²) in [5.41, 5.74) is 0.902. The van der Waals surface area contributed by atoms with Crippen molar-refractivity contribution in [2.24, 2.45) is 0 Å². The molecule has 0 aliphatic heterocycles. The van der Waals surface area contributed by atoms with Crippen molar-refractivity contribution in [3.8, 4) is 0 Å². The van der Waals surface area contributed by atoms with Crippen molar-refractivity contribution in [1.29, 1.82) is 0 Å². The van der Waals surface area contributed by atoms with E-state index in [1.165, 1.54) is 12.1 Å². The molecule has 1 aromatic heterocycles. The lowest BCUT2D eigenvalue weighted by Crippen LogP contribution is -2.24. The number of rotatable bonds is 3. The van der Waals surface area contributed by atoms with Gasteiger partial charge in [-0.05, 0) is 48.9 Å². The predicted octanol–water partition coefficient (Wildman–Crippen LogP) is 2.86. The van der Waals surface area contributed by atoms with E-state index >= 15 is 0 Å². The standard InChI is InChI=1S/C12H15FN4S/c1-12(2,3)17-11(14-15-16-17)18-8-9-4-6-10(13)7-5-9/h4-7H,8H2,1-3H3. The van der Waals surface area contributed by atoms with Crippen LogP contribution in [-0.2, 0) is 11.3 Å². The molecule has 2 rings (SSSR count). The van der Waals surface area contributed by atoms with Crippen LogP contribution >= 0.6 is 11.8 Å². The number of hydrogen-bond donors (Lipinski definition) is 0. The Morgan fingerprint density at radius 2 is 1.89 bits per heavy atom. The molecule has 0 unspecified atom stereocenters. The molecule has 0 aliphatic carbocycles. The van der Waals surface area contributed by atoms with E-state index in [4.69, 9.17) is 0 Å². The number of benzene rings is 1. The summed E-state index contributed by atoms with van der Waals surface area (Å²) >= 11 is 1.54. The molecule has 0 spiro atoms. The number of aromatic nitrogens is 4. The zero-order valence-corrected chi connectivity index (χ0v) is 11.4. The van der Waals surface area contributed by atoms with Crippen molar-refractivity contribution in [3.63, 3.8) is 0 Å². The van der Waals surface area contributed by atoms with Gasteiger partial charge >= 0.3 is 0 Å². The molecule has 1 aromatic carbocycles. The zero-order valence-electron chi connectivity index (χ0n) is 10.6. The molecule has 0 saturated carbocycles. The molecule has 0 N–H and O–H groups in total. The van der Waals surface area contributed by atoms with E-state index in [0.29, 0.717) is 0 Å².